The maximum absolute atomic E-state index is 5.98. The molecule has 0 radical (unpaired) electrons. The zero-order valence-electron chi connectivity index (χ0n) is 13.1. The Morgan fingerprint density at radius 1 is 1.00 bits per heavy atom. The molecule has 0 spiro atoms. The van der Waals surface area contributed by atoms with E-state index >= 15 is 0 Å². The van der Waals surface area contributed by atoms with E-state index in [1.807, 2.05) is 56.3 Å². The lowest BCUT2D eigenvalue weighted by atomic mass is 10.1. The Hall–Kier alpha value is -2.33. The number of ether oxygens (including phenoxy) is 1. The maximum Gasteiger partial charge on any atom is 0.224 e. The van der Waals surface area contributed by atoms with Crippen LogP contribution in [-0.2, 0) is 0 Å². The van der Waals surface area contributed by atoms with Gasteiger partial charge in [0.25, 0.3) is 0 Å². The monoisotopic (exact) mass is 327 g/mol. The normalized spacial score (nSPS) is 10.7. The van der Waals surface area contributed by atoms with Crippen LogP contribution in [0, 0.1) is 13.8 Å². The Morgan fingerprint density at radius 3 is 2.52 bits per heavy atom. The van der Waals surface area contributed by atoms with Crippen molar-refractivity contribution in [2.45, 2.75) is 13.8 Å². The van der Waals surface area contributed by atoms with E-state index in [1.165, 1.54) is 0 Å². The van der Waals surface area contributed by atoms with E-state index in [2.05, 4.69) is 15.3 Å². The number of anilines is 1. The van der Waals surface area contributed by atoms with Crippen LogP contribution in [0.2, 0.25) is 5.28 Å². The van der Waals surface area contributed by atoms with Gasteiger partial charge in [0, 0.05) is 5.39 Å². The van der Waals surface area contributed by atoms with Gasteiger partial charge in [0.1, 0.15) is 18.2 Å². The average molecular weight is 328 g/mol. The fraction of sp³-hybridized carbons (Fsp3) is 0.222. The molecule has 0 saturated carbocycles. The van der Waals surface area contributed by atoms with Crippen molar-refractivity contribution in [1.29, 1.82) is 0 Å². The molecule has 5 heteroatoms. The predicted octanol–water partition coefficient (Wildman–Crippen LogP) is 4.39. The fourth-order valence-electron chi connectivity index (χ4n) is 2.53. The third kappa shape index (κ3) is 3.54. The van der Waals surface area contributed by atoms with Gasteiger partial charge >= 0.3 is 0 Å². The predicted molar refractivity (Wildman–Crippen MR) is 94.4 cm³/mol. The van der Waals surface area contributed by atoms with Gasteiger partial charge in [-0.1, -0.05) is 30.3 Å². The molecule has 0 amide bonds. The number of fused-ring (bicyclic) bond motifs is 1. The number of para-hydroxylation sites is 2. The quantitative estimate of drug-likeness (QED) is 0.557. The number of hydrogen-bond acceptors (Lipinski definition) is 4. The van der Waals surface area contributed by atoms with E-state index in [0.717, 1.165) is 33.6 Å². The fourth-order valence-corrected chi connectivity index (χ4v) is 2.71. The van der Waals surface area contributed by atoms with Gasteiger partial charge in [0.2, 0.25) is 5.28 Å². The lowest BCUT2D eigenvalue weighted by Gasteiger charge is -2.13. The Balaban J connectivity index is 1.68. The number of aryl methyl sites for hydroxylation is 2. The molecule has 4 nitrogen and oxygen atoms in total. The summed E-state index contributed by atoms with van der Waals surface area (Å²) in [4.78, 5) is 8.49. The van der Waals surface area contributed by atoms with Gasteiger partial charge in [-0.3, -0.25) is 0 Å². The number of nitrogens with one attached hydrogen (secondary N) is 1. The first-order valence-electron chi connectivity index (χ1n) is 7.50. The van der Waals surface area contributed by atoms with Gasteiger partial charge in [0.05, 0.1) is 12.1 Å². The highest BCUT2D eigenvalue weighted by Crippen LogP contribution is 2.23. The minimum atomic E-state index is 0.238. The number of aromatic nitrogens is 2. The van der Waals surface area contributed by atoms with Crippen molar-refractivity contribution in [3.05, 3.63) is 58.9 Å². The Kier molecular flexibility index (Phi) is 4.63. The number of nitrogens with zero attached hydrogens (tertiary/aromatic N) is 2. The first-order valence-corrected chi connectivity index (χ1v) is 7.88. The highest BCUT2D eigenvalue weighted by molar-refractivity contribution is 6.28. The molecular formula is C18H18ClN3O. The van der Waals surface area contributed by atoms with E-state index in [-0.39, 0.29) is 5.28 Å². The topological polar surface area (TPSA) is 47.0 Å². The average Bonchev–Trinajstić information content (AvgIpc) is 2.53. The molecular weight excluding hydrogens is 310 g/mol. The van der Waals surface area contributed by atoms with Crippen LogP contribution in [0.5, 0.6) is 5.75 Å². The molecule has 2 aromatic carbocycles. The van der Waals surface area contributed by atoms with Crippen molar-refractivity contribution in [3.63, 3.8) is 0 Å². The minimum absolute atomic E-state index is 0.238. The van der Waals surface area contributed by atoms with Gasteiger partial charge in [-0.25, -0.2) is 9.97 Å². The number of halogens is 1. The summed E-state index contributed by atoms with van der Waals surface area (Å²) in [5.41, 5.74) is 3.10. The summed E-state index contributed by atoms with van der Waals surface area (Å²) in [7, 11) is 0. The molecule has 0 unspecified atom stereocenters. The van der Waals surface area contributed by atoms with Gasteiger partial charge < -0.3 is 10.1 Å². The van der Waals surface area contributed by atoms with Crippen molar-refractivity contribution in [2.24, 2.45) is 0 Å². The second-order valence-corrected chi connectivity index (χ2v) is 5.69. The van der Waals surface area contributed by atoms with Gasteiger partial charge in [-0.2, -0.15) is 0 Å². The van der Waals surface area contributed by atoms with E-state index in [9.17, 15) is 0 Å². The molecule has 118 valence electrons. The number of hydrogen-bond donors (Lipinski definition) is 1. The highest BCUT2D eigenvalue weighted by Gasteiger charge is 2.06. The molecule has 0 saturated heterocycles. The van der Waals surface area contributed by atoms with Crippen LogP contribution in [0.4, 0.5) is 5.82 Å². The summed E-state index contributed by atoms with van der Waals surface area (Å²) >= 11 is 5.98. The highest BCUT2D eigenvalue weighted by atomic mass is 35.5. The van der Waals surface area contributed by atoms with Crippen molar-refractivity contribution in [2.75, 3.05) is 18.5 Å². The third-order valence-corrected chi connectivity index (χ3v) is 3.79. The molecule has 0 fully saturated rings. The van der Waals surface area contributed by atoms with Crippen molar-refractivity contribution < 1.29 is 4.74 Å². The maximum atomic E-state index is 5.98. The van der Waals surface area contributed by atoms with Crippen LogP contribution in [-0.4, -0.2) is 23.1 Å². The zero-order chi connectivity index (χ0) is 16.2. The molecule has 1 aromatic heterocycles. The number of rotatable bonds is 5. The smallest absolute Gasteiger partial charge is 0.224 e. The summed E-state index contributed by atoms with van der Waals surface area (Å²) in [5.74, 6) is 1.67. The molecule has 1 N–H and O–H groups in total. The molecule has 0 aliphatic heterocycles. The summed E-state index contributed by atoms with van der Waals surface area (Å²) in [5, 5.41) is 4.46. The lowest BCUT2D eigenvalue weighted by Crippen LogP contribution is -2.13. The zero-order valence-corrected chi connectivity index (χ0v) is 13.9. The Labute approximate surface area is 140 Å². The summed E-state index contributed by atoms with van der Waals surface area (Å²) in [6.07, 6.45) is 0. The minimum Gasteiger partial charge on any atom is -0.491 e. The molecule has 3 rings (SSSR count). The van der Waals surface area contributed by atoms with Crippen molar-refractivity contribution in [3.8, 4) is 5.75 Å². The van der Waals surface area contributed by atoms with E-state index in [4.69, 9.17) is 16.3 Å². The van der Waals surface area contributed by atoms with Crippen LogP contribution >= 0.6 is 11.6 Å². The van der Waals surface area contributed by atoms with Crippen LogP contribution in [0.3, 0.4) is 0 Å². The van der Waals surface area contributed by atoms with Gasteiger partial charge in [-0.15, -0.1) is 0 Å². The first-order chi connectivity index (χ1) is 11.1. The first kappa shape index (κ1) is 15.6. The Bertz CT molecular complexity index is 815. The SMILES string of the molecule is Cc1cccc(C)c1OCCNc1nc(Cl)nc2ccccc12. The third-order valence-electron chi connectivity index (χ3n) is 3.63. The van der Waals surface area contributed by atoms with Crippen LogP contribution in [0.25, 0.3) is 10.9 Å². The lowest BCUT2D eigenvalue weighted by molar-refractivity contribution is 0.328. The summed E-state index contributed by atoms with van der Waals surface area (Å²) < 4.78 is 5.89. The molecule has 0 atom stereocenters. The van der Waals surface area contributed by atoms with Crippen molar-refractivity contribution >= 4 is 28.3 Å². The molecule has 0 aliphatic rings. The summed E-state index contributed by atoms with van der Waals surface area (Å²) in [6.45, 7) is 5.27. The van der Waals surface area contributed by atoms with Gasteiger partial charge in [0.15, 0.2) is 0 Å². The van der Waals surface area contributed by atoms with Crippen LogP contribution in [0.15, 0.2) is 42.5 Å². The van der Waals surface area contributed by atoms with Crippen molar-refractivity contribution in [1.82, 2.24) is 9.97 Å². The van der Waals surface area contributed by atoms with E-state index in [1.54, 1.807) is 0 Å². The van der Waals surface area contributed by atoms with E-state index in [0.29, 0.717) is 13.2 Å². The molecule has 3 aromatic rings. The largest absolute Gasteiger partial charge is 0.491 e. The molecule has 1 heterocycles. The second kappa shape index (κ2) is 6.84. The van der Waals surface area contributed by atoms with Crippen LogP contribution in [0.1, 0.15) is 11.1 Å². The van der Waals surface area contributed by atoms with Gasteiger partial charge in [-0.05, 0) is 48.7 Å². The summed E-state index contributed by atoms with van der Waals surface area (Å²) in [6, 6.07) is 13.9. The second-order valence-electron chi connectivity index (χ2n) is 5.35. The molecule has 0 aliphatic carbocycles. The number of benzene rings is 2. The standard InChI is InChI=1S/C18H18ClN3O/c1-12-6-5-7-13(2)16(12)23-11-10-20-17-14-8-3-4-9-15(14)21-18(19)22-17/h3-9H,10-11H2,1-2H3,(H,20,21,22). The van der Waals surface area contributed by atoms with E-state index < -0.39 is 0 Å². The molecule has 23 heavy (non-hydrogen) atoms. The Morgan fingerprint density at radius 2 is 1.74 bits per heavy atom. The molecule has 0 bridgehead atoms. The van der Waals surface area contributed by atoms with Crippen LogP contribution < -0.4 is 10.1 Å².